The van der Waals surface area contributed by atoms with Crippen LogP contribution < -0.4 is 5.32 Å². The van der Waals surface area contributed by atoms with Gasteiger partial charge in [-0.1, -0.05) is 0 Å². The molecule has 180 valence electrons. The highest BCUT2D eigenvalue weighted by molar-refractivity contribution is 7.88. The number of benzene rings is 1. The van der Waals surface area contributed by atoms with E-state index in [1.165, 1.54) is 0 Å². The largest absolute Gasteiger partial charge is 0.446 e. The number of amides is 1. The van der Waals surface area contributed by atoms with Crippen molar-refractivity contribution in [2.75, 3.05) is 0 Å². The van der Waals surface area contributed by atoms with Crippen molar-refractivity contribution in [2.24, 2.45) is 17.8 Å². The Labute approximate surface area is 186 Å². The zero-order valence-corrected chi connectivity index (χ0v) is 18.1. The topological polar surface area (TPSA) is 159 Å². The summed E-state index contributed by atoms with van der Waals surface area (Å²) in [5.41, 5.74) is -3.45. The zero-order chi connectivity index (χ0) is 24.2. The summed E-state index contributed by atoms with van der Waals surface area (Å²) >= 11 is 0. The lowest BCUT2D eigenvalue weighted by Gasteiger charge is -2.57. The predicted octanol–water partition coefficient (Wildman–Crippen LogP) is 3.03. The molecule has 0 heterocycles. The van der Waals surface area contributed by atoms with Gasteiger partial charge in [-0.2, -0.15) is 17.2 Å². The van der Waals surface area contributed by atoms with Crippen LogP contribution in [0.3, 0.4) is 0 Å². The standard InChI is InChI=1S/C19H21F2N3O8S/c20-19(21,17(25)22-18-7-11-4-12(8-18)6-13(5-11)9-18)33(30,31)32-10-14-15(23(26)27)2-1-3-16(14)24(28)29/h1-3,11-13H,4-10H2,(H,22,25). The van der Waals surface area contributed by atoms with Crippen LogP contribution in [0.1, 0.15) is 44.1 Å². The Balaban J connectivity index is 1.52. The van der Waals surface area contributed by atoms with Crippen LogP contribution in [0.5, 0.6) is 0 Å². The highest BCUT2D eigenvalue weighted by Gasteiger charge is 2.59. The van der Waals surface area contributed by atoms with Gasteiger partial charge in [0, 0.05) is 17.7 Å². The third kappa shape index (κ3) is 4.16. The Morgan fingerprint density at radius 2 is 1.52 bits per heavy atom. The number of carbonyl (C=O) groups is 1. The fraction of sp³-hybridized carbons (Fsp3) is 0.632. The lowest BCUT2D eigenvalue weighted by atomic mass is 9.53. The van der Waals surface area contributed by atoms with E-state index in [4.69, 9.17) is 0 Å². The third-order valence-corrected chi connectivity index (χ3v) is 8.12. The molecule has 4 aliphatic carbocycles. The van der Waals surface area contributed by atoms with E-state index < -0.39 is 60.2 Å². The summed E-state index contributed by atoms with van der Waals surface area (Å²) in [6.07, 6.45) is 4.43. The summed E-state index contributed by atoms with van der Waals surface area (Å²) < 4.78 is 58.2. The average molecular weight is 489 g/mol. The van der Waals surface area contributed by atoms with Gasteiger partial charge >= 0.3 is 21.3 Å². The van der Waals surface area contributed by atoms with Gasteiger partial charge in [0.1, 0.15) is 12.2 Å². The molecule has 4 saturated carbocycles. The molecule has 1 aromatic rings. The monoisotopic (exact) mass is 489 g/mol. The normalized spacial score (nSPS) is 28.5. The number of rotatable bonds is 8. The van der Waals surface area contributed by atoms with Crippen LogP contribution in [0.4, 0.5) is 20.2 Å². The van der Waals surface area contributed by atoms with Crippen LogP contribution in [-0.4, -0.2) is 35.0 Å². The van der Waals surface area contributed by atoms with Crippen molar-refractivity contribution in [3.8, 4) is 0 Å². The highest BCUT2D eigenvalue weighted by Crippen LogP contribution is 2.55. The first kappa shape index (κ1) is 23.4. The van der Waals surface area contributed by atoms with E-state index in [1.54, 1.807) is 0 Å². The maximum Gasteiger partial charge on any atom is 0.446 e. The second-order valence-electron chi connectivity index (χ2n) is 9.17. The molecule has 0 saturated heterocycles. The van der Waals surface area contributed by atoms with Crippen LogP contribution >= 0.6 is 0 Å². The molecule has 4 bridgehead atoms. The highest BCUT2D eigenvalue weighted by atomic mass is 32.2. The Bertz CT molecular complexity index is 1060. The number of nitro groups is 2. The lowest BCUT2D eigenvalue weighted by molar-refractivity contribution is -0.396. The Morgan fingerprint density at radius 3 is 1.94 bits per heavy atom. The summed E-state index contributed by atoms with van der Waals surface area (Å²) in [6, 6.07) is 2.67. The lowest BCUT2D eigenvalue weighted by Crippen LogP contribution is -2.63. The van der Waals surface area contributed by atoms with Gasteiger partial charge in [-0.25, -0.2) is 0 Å². The van der Waals surface area contributed by atoms with E-state index >= 15 is 0 Å². The summed E-state index contributed by atoms with van der Waals surface area (Å²) in [4.78, 5) is 32.6. The Hall–Kier alpha value is -2.74. The van der Waals surface area contributed by atoms with Gasteiger partial charge in [0.05, 0.1) is 9.85 Å². The first-order valence-electron chi connectivity index (χ1n) is 10.3. The first-order valence-corrected chi connectivity index (χ1v) is 11.7. The van der Waals surface area contributed by atoms with E-state index in [0.29, 0.717) is 37.0 Å². The number of hydrogen-bond acceptors (Lipinski definition) is 8. The van der Waals surface area contributed by atoms with E-state index in [0.717, 1.165) is 37.5 Å². The molecule has 33 heavy (non-hydrogen) atoms. The van der Waals surface area contributed by atoms with Gasteiger partial charge in [0.15, 0.2) is 0 Å². The third-order valence-electron chi connectivity index (χ3n) is 6.87. The van der Waals surface area contributed by atoms with Gasteiger partial charge < -0.3 is 5.32 Å². The second kappa shape index (κ2) is 7.94. The van der Waals surface area contributed by atoms with Crippen LogP contribution in [0, 0.1) is 38.0 Å². The molecule has 0 spiro atoms. The van der Waals surface area contributed by atoms with Crippen molar-refractivity contribution in [3.05, 3.63) is 44.0 Å². The van der Waals surface area contributed by atoms with Crippen molar-refractivity contribution in [2.45, 2.75) is 55.9 Å². The number of halogens is 2. The van der Waals surface area contributed by atoms with Gasteiger partial charge in [0.2, 0.25) is 0 Å². The molecule has 0 aliphatic heterocycles. The Morgan fingerprint density at radius 1 is 1.06 bits per heavy atom. The maximum atomic E-state index is 14.7. The minimum atomic E-state index is -5.92. The van der Waals surface area contributed by atoms with E-state index in [1.807, 2.05) is 0 Å². The molecule has 1 aromatic carbocycles. The number of carbonyl (C=O) groups excluding carboxylic acids is 1. The number of nitrogens with one attached hydrogen (secondary N) is 1. The van der Waals surface area contributed by atoms with Gasteiger partial charge in [-0.15, -0.1) is 0 Å². The molecule has 4 fully saturated rings. The van der Waals surface area contributed by atoms with Crippen LogP contribution in [0.25, 0.3) is 0 Å². The molecule has 0 unspecified atom stereocenters. The second-order valence-corrected chi connectivity index (χ2v) is 10.8. The van der Waals surface area contributed by atoms with E-state index in [2.05, 4.69) is 9.50 Å². The maximum absolute atomic E-state index is 14.7. The average Bonchev–Trinajstić information content (AvgIpc) is 2.70. The number of nitro benzene ring substituents is 2. The molecular weight excluding hydrogens is 468 g/mol. The molecule has 0 atom stereocenters. The minimum absolute atomic E-state index is 0.303. The van der Waals surface area contributed by atoms with Gasteiger partial charge in [-0.3, -0.25) is 29.2 Å². The smallest absolute Gasteiger partial charge is 0.344 e. The molecule has 0 aromatic heterocycles. The summed E-state index contributed by atoms with van der Waals surface area (Å²) in [5.74, 6) is -1.12. The first-order chi connectivity index (χ1) is 15.3. The van der Waals surface area contributed by atoms with Crippen molar-refractivity contribution in [1.82, 2.24) is 5.32 Å². The molecule has 11 nitrogen and oxygen atoms in total. The van der Waals surface area contributed by atoms with Crippen LogP contribution in [0.15, 0.2) is 18.2 Å². The van der Waals surface area contributed by atoms with E-state index in [-0.39, 0.29) is 0 Å². The quantitative estimate of drug-likeness (QED) is 0.331. The number of hydrogen-bond donors (Lipinski definition) is 1. The van der Waals surface area contributed by atoms with Crippen molar-refractivity contribution < 1.29 is 36.0 Å². The van der Waals surface area contributed by atoms with Crippen molar-refractivity contribution in [3.63, 3.8) is 0 Å². The van der Waals surface area contributed by atoms with Crippen LogP contribution in [0.2, 0.25) is 0 Å². The summed E-state index contributed by atoms with van der Waals surface area (Å²) in [7, 11) is -5.92. The molecule has 14 heteroatoms. The van der Waals surface area contributed by atoms with Crippen LogP contribution in [-0.2, 0) is 25.7 Å². The van der Waals surface area contributed by atoms with Gasteiger partial charge in [0.25, 0.3) is 11.4 Å². The fourth-order valence-electron chi connectivity index (χ4n) is 5.95. The molecule has 0 radical (unpaired) electrons. The SMILES string of the molecule is O=C(NC12CC3CC(CC(C3)C1)C2)C(F)(F)S(=O)(=O)OCc1c([N+](=O)[O-])cccc1[N+](=O)[O-]. The molecule has 1 amide bonds. The van der Waals surface area contributed by atoms with Gasteiger partial charge in [-0.05, 0) is 62.3 Å². The minimum Gasteiger partial charge on any atom is -0.344 e. The molecule has 4 aliphatic rings. The van der Waals surface area contributed by atoms with E-state index in [9.17, 15) is 42.2 Å². The fourth-order valence-corrected chi connectivity index (χ4v) is 6.65. The van der Waals surface area contributed by atoms with Crippen molar-refractivity contribution >= 4 is 27.4 Å². The van der Waals surface area contributed by atoms with Crippen molar-refractivity contribution in [1.29, 1.82) is 0 Å². The molecule has 1 N–H and O–H groups in total. The molecular formula is C19H21F2N3O8S. The summed E-state index contributed by atoms with van der Waals surface area (Å²) in [5, 5.41) is 19.6. The molecule has 5 rings (SSSR count). The Kier molecular flexibility index (Phi) is 5.63. The zero-order valence-electron chi connectivity index (χ0n) is 17.2. The number of alkyl halides is 2. The number of nitrogens with zero attached hydrogens (tertiary/aromatic N) is 2. The predicted molar refractivity (Wildman–Crippen MR) is 107 cm³/mol. The summed E-state index contributed by atoms with van der Waals surface area (Å²) in [6.45, 7) is -1.41.